The van der Waals surface area contributed by atoms with Crippen LogP contribution in [0, 0.1) is 17.0 Å². The van der Waals surface area contributed by atoms with E-state index in [0.29, 0.717) is 11.4 Å². The van der Waals surface area contributed by atoms with Crippen LogP contribution in [0.2, 0.25) is 0 Å². The molecule has 0 saturated carbocycles. The van der Waals surface area contributed by atoms with E-state index in [1.165, 1.54) is 18.2 Å². The molecule has 2 aromatic carbocycles. The Kier molecular flexibility index (Phi) is 4.22. The Morgan fingerprint density at radius 2 is 1.92 bits per heavy atom. The van der Waals surface area contributed by atoms with Crippen molar-refractivity contribution in [1.82, 2.24) is 0 Å². The number of hydrogen-bond acceptors (Lipinski definition) is 6. The van der Waals surface area contributed by atoms with Gasteiger partial charge in [-0.25, -0.2) is 4.90 Å². The third kappa shape index (κ3) is 3.09. The van der Waals surface area contributed by atoms with Gasteiger partial charge in [0.25, 0.3) is 16.8 Å². The van der Waals surface area contributed by atoms with Gasteiger partial charge in [-0.15, -0.1) is 0 Å². The molecule has 24 heavy (non-hydrogen) atoms. The summed E-state index contributed by atoms with van der Waals surface area (Å²) >= 11 is 0.848. The van der Waals surface area contributed by atoms with Crippen molar-refractivity contribution in [1.29, 1.82) is 0 Å². The van der Waals surface area contributed by atoms with Crippen molar-refractivity contribution in [3.8, 4) is 0 Å². The van der Waals surface area contributed by atoms with E-state index < -0.39 is 16.2 Å². The summed E-state index contributed by atoms with van der Waals surface area (Å²) < 4.78 is 0. The second-order valence-corrected chi connectivity index (χ2v) is 6.28. The van der Waals surface area contributed by atoms with Crippen molar-refractivity contribution in [2.45, 2.75) is 12.3 Å². The predicted octanol–water partition coefficient (Wildman–Crippen LogP) is 3.54. The first kappa shape index (κ1) is 16.0. The molecule has 2 aromatic rings. The van der Waals surface area contributed by atoms with Crippen molar-refractivity contribution in [3.63, 3.8) is 0 Å². The number of aryl methyl sites for hydroxylation is 1. The quantitative estimate of drug-likeness (QED) is 0.674. The minimum absolute atomic E-state index is 0.0858. The minimum atomic E-state index is -0.819. The maximum atomic E-state index is 12.5. The lowest BCUT2D eigenvalue weighted by Gasteiger charge is -2.15. The number of carbonyl (C=O) groups excluding carboxylic acids is 2. The molecule has 1 atom stereocenters. The molecule has 1 unspecified atom stereocenters. The first-order chi connectivity index (χ1) is 11.5. The summed E-state index contributed by atoms with van der Waals surface area (Å²) in [5.41, 5.74) is 1.78. The summed E-state index contributed by atoms with van der Waals surface area (Å²) in [6.07, 6.45) is 0. The summed E-state index contributed by atoms with van der Waals surface area (Å²) in [7, 11) is 0. The molecule has 7 nitrogen and oxygen atoms in total. The van der Waals surface area contributed by atoms with Gasteiger partial charge in [0.15, 0.2) is 5.37 Å². The summed E-state index contributed by atoms with van der Waals surface area (Å²) in [5, 5.41) is 12.5. The van der Waals surface area contributed by atoms with Gasteiger partial charge in [-0.2, -0.15) is 0 Å². The van der Waals surface area contributed by atoms with Gasteiger partial charge in [0.2, 0.25) is 0 Å². The lowest BCUT2D eigenvalue weighted by Crippen LogP contribution is -2.34. The Hall–Kier alpha value is -2.87. The Morgan fingerprint density at radius 3 is 2.62 bits per heavy atom. The number of thioether (sulfide) groups is 1. The SMILES string of the molecule is Cc1cccc(N2C(=O)SC(Nc3cccc([N+](=O)[O-])c3)C2=O)c1. The number of nitrogens with one attached hydrogen (secondary N) is 1. The monoisotopic (exact) mass is 343 g/mol. The molecular formula is C16H13N3O4S. The van der Waals surface area contributed by atoms with Crippen LogP contribution in [0.25, 0.3) is 0 Å². The Bertz CT molecular complexity index is 840. The third-order valence-electron chi connectivity index (χ3n) is 3.46. The zero-order chi connectivity index (χ0) is 17.3. The molecule has 0 bridgehead atoms. The maximum Gasteiger partial charge on any atom is 0.295 e. The zero-order valence-electron chi connectivity index (χ0n) is 12.6. The number of non-ortho nitro benzene ring substituents is 1. The molecule has 0 aromatic heterocycles. The topological polar surface area (TPSA) is 92.6 Å². The van der Waals surface area contributed by atoms with E-state index in [1.54, 1.807) is 24.3 Å². The van der Waals surface area contributed by atoms with Crippen LogP contribution < -0.4 is 10.2 Å². The maximum absolute atomic E-state index is 12.5. The molecule has 0 aliphatic carbocycles. The number of nitro groups is 1. The predicted molar refractivity (Wildman–Crippen MR) is 92.2 cm³/mol. The van der Waals surface area contributed by atoms with E-state index in [2.05, 4.69) is 5.32 Å². The van der Waals surface area contributed by atoms with Crippen LogP contribution in [0.3, 0.4) is 0 Å². The summed E-state index contributed by atoms with van der Waals surface area (Å²) in [5.74, 6) is -0.401. The van der Waals surface area contributed by atoms with Gasteiger partial charge >= 0.3 is 0 Å². The lowest BCUT2D eigenvalue weighted by molar-refractivity contribution is -0.384. The van der Waals surface area contributed by atoms with Gasteiger partial charge in [0.1, 0.15) is 0 Å². The fraction of sp³-hybridized carbons (Fsp3) is 0.125. The number of anilines is 2. The van der Waals surface area contributed by atoms with Crippen molar-refractivity contribution in [2.75, 3.05) is 10.2 Å². The van der Waals surface area contributed by atoms with Crippen LogP contribution in [-0.2, 0) is 4.79 Å². The highest BCUT2D eigenvalue weighted by Gasteiger charge is 2.40. The van der Waals surface area contributed by atoms with Gasteiger partial charge in [0, 0.05) is 17.8 Å². The van der Waals surface area contributed by atoms with E-state index >= 15 is 0 Å². The first-order valence-corrected chi connectivity index (χ1v) is 7.96. The normalized spacial score (nSPS) is 17.2. The highest BCUT2D eigenvalue weighted by molar-refractivity contribution is 8.16. The van der Waals surface area contributed by atoms with E-state index in [1.807, 2.05) is 13.0 Å². The van der Waals surface area contributed by atoms with Crippen LogP contribution >= 0.6 is 11.8 Å². The Labute approximate surface area is 141 Å². The summed E-state index contributed by atoms with van der Waals surface area (Å²) in [6.45, 7) is 1.88. The highest BCUT2D eigenvalue weighted by atomic mass is 32.2. The van der Waals surface area contributed by atoms with Crippen molar-refractivity contribution in [3.05, 3.63) is 64.2 Å². The molecule has 1 aliphatic heterocycles. The van der Waals surface area contributed by atoms with Crippen LogP contribution in [0.5, 0.6) is 0 Å². The fourth-order valence-electron chi connectivity index (χ4n) is 2.36. The fourth-order valence-corrected chi connectivity index (χ4v) is 3.27. The van der Waals surface area contributed by atoms with Crippen molar-refractivity contribution >= 4 is 40.0 Å². The van der Waals surface area contributed by atoms with Gasteiger partial charge in [-0.3, -0.25) is 19.7 Å². The average Bonchev–Trinajstić information content (AvgIpc) is 2.81. The summed E-state index contributed by atoms with van der Waals surface area (Å²) in [4.78, 5) is 36.2. The number of amides is 2. The van der Waals surface area contributed by atoms with Crippen LogP contribution in [-0.4, -0.2) is 21.4 Å². The molecule has 2 amide bonds. The number of hydrogen-bond donors (Lipinski definition) is 1. The highest BCUT2D eigenvalue weighted by Crippen LogP contribution is 2.33. The molecule has 8 heteroatoms. The number of carbonyl (C=O) groups is 2. The molecule has 3 rings (SSSR count). The molecule has 1 fully saturated rings. The summed E-state index contributed by atoms with van der Waals surface area (Å²) in [6, 6.07) is 12.9. The van der Waals surface area contributed by atoms with E-state index in [4.69, 9.17) is 0 Å². The van der Waals surface area contributed by atoms with Gasteiger partial charge in [-0.05, 0) is 42.4 Å². The number of benzene rings is 2. The van der Waals surface area contributed by atoms with Gasteiger partial charge < -0.3 is 5.32 Å². The first-order valence-electron chi connectivity index (χ1n) is 7.08. The van der Waals surface area contributed by atoms with E-state index in [9.17, 15) is 19.7 Å². The molecule has 1 heterocycles. The Morgan fingerprint density at radius 1 is 1.17 bits per heavy atom. The molecule has 0 spiro atoms. The number of imide groups is 1. The minimum Gasteiger partial charge on any atom is -0.365 e. The standard InChI is InChI=1S/C16H13N3O4S/c1-10-4-2-6-12(8-10)18-15(20)14(24-16(18)21)17-11-5-3-7-13(9-11)19(22)23/h2-9,14,17H,1H3. The van der Waals surface area contributed by atoms with Crippen molar-refractivity contribution in [2.24, 2.45) is 0 Å². The van der Waals surface area contributed by atoms with Crippen LogP contribution in [0.1, 0.15) is 5.56 Å². The second kappa shape index (κ2) is 6.32. The third-order valence-corrected chi connectivity index (χ3v) is 4.40. The second-order valence-electron chi connectivity index (χ2n) is 5.23. The van der Waals surface area contributed by atoms with E-state index in [0.717, 1.165) is 22.2 Å². The Balaban J connectivity index is 1.82. The van der Waals surface area contributed by atoms with Crippen LogP contribution in [0.15, 0.2) is 48.5 Å². The number of rotatable bonds is 4. The van der Waals surface area contributed by atoms with Gasteiger partial charge in [-0.1, -0.05) is 18.2 Å². The molecule has 122 valence electrons. The zero-order valence-corrected chi connectivity index (χ0v) is 13.4. The molecule has 1 aliphatic rings. The molecule has 1 saturated heterocycles. The van der Waals surface area contributed by atoms with Crippen LogP contribution in [0.4, 0.5) is 21.9 Å². The molecule has 0 radical (unpaired) electrons. The average molecular weight is 343 g/mol. The molecular weight excluding hydrogens is 330 g/mol. The number of nitrogens with zero attached hydrogens (tertiary/aromatic N) is 2. The van der Waals surface area contributed by atoms with Gasteiger partial charge in [0.05, 0.1) is 10.6 Å². The lowest BCUT2D eigenvalue weighted by atomic mass is 10.2. The van der Waals surface area contributed by atoms with E-state index in [-0.39, 0.29) is 10.9 Å². The largest absolute Gasteiger partial charge is 0.365 e. The smallest absolute Gasteiger partial charge is 0.295 e. The molecule has 1 N–H and O–H groups in total. The number of nitro benzene ring substituents is 1. The van der Waals surface area contributed by atoms with Crippen molar-refractivity contribution < 1.29 is 14.5 Å².